The van der Waals surface area contributed by atoms with Gasteiger partial charge in [-0.25, -0.2) is 9.97 Å². The van der Waals surface area contributed by atoms with Gasteiger partial charge in [0.15, 0.2) is 0 Å². The summed E-state index contributed by atoms with van der Waals surface area (Å²) in [6.45, 7) is 6.04. The lowest BCUT2D eigenvalue weighted by Gasteiger charge is -2.37. The number of rotatable bonds is 4. The van der Waals surface area contributed by atoms with Gasteiger partial charge in [-0.2, -0.15) is 0 Å². The molecule has 2 heterocycles. The Hall–Kier alpha value is -1.69. The first kappa shape index (κ1) is 14.7. The smallest absolute Gasteiger partial charge is 0.322 e. The van der Waals surface area contributed by atoms with Crippen LogP contribution in [-0.4, -0.2) is 58.7 Å². The molecule has 0 bridgehead atoms. The number of aryl methyl sites for hydroxylation is 2. The number of nitrogens with zero attached hydrogens (tertiary/aromatic N) is 4. The van der Waals surface area contributed by atoms with E-state index in [4.69, 9.17) is 0 Å². The third-order valence-electron chi connectivity index (χ3n) is 3.62. The largest absolute Gasteiger partial charge is 0.480 e. The predicted octanol–water partition coefficient (Wildman–Crippen LogP) is 0.943. The molecule has 0 spiro atoms. The summed E-state index contributed by atoms with van der Waals surface area (Å²) in [5.41, 5.74) is 0.934. The monoisotopic (exact) mass is 278 g/mol. The summed E-state index contributed by atoms with van der Waals surface area (Å²) in [5.74, 6) is 0.908. The molecule has 6 heteroatoms. The molecule has 1 aromatic heterocycles. The molecule has 0 radical (unpaired) electrons. The number of piperazine rings is 1. The number of aliphatic carboxylic acids is 1. The van der Waals surface area contributed by atoms with Gasteiger partial charge in [-0.15, -0.1) is 0 Å². The van der Waals surface area contributed by atoms with Crippen molar-refractivity contribution in [2.75, 3.05) is 31.6 Å². The zero-order valence-electron chi connectivity index (χ0n) is 12.3. The van der Waals surface area contributed by atoms with Crippen LogP contribution in [0.1, 0.15) is 24.9 Å². The Kier molecular flexibility index (Phi) is 4.54. The average Bonchev–Trinajstić information content (AvgIpc) is 2.38. The van der Waals surface area contributed by atoms with Crippen molar-refractivity contribution in [2.24, 2.45) is 0 Å². The van der Waals surface area contributed by atoms with E-state index in [0.717, 1.165) is 43.3 Å². The number of likely N-dealkylation sites (N-methyl/N-ethyl adjacent to an activating group) is 1. The molecule has 20 heavy (non-hydrogen) atoms. The van der Waals surface area contributed by atoms with Crippen LogP contribution in [0.4, 0.5) is 5.82 Å². The standard InChI is InChI=1S/C14H22N4O2/c1-4-5-12-15-10(2)8-13(16-12)18-7-6-17(3)11(9-18)14(19)20/h8,11H,4-7,9H2,1-3H3,(H,19,20)/t11-/m0/s1. The Morgan fingerprint density at radius 1 is 1.45 bits per heavy atom. The van der Waals surface area contributed by atoms with E-state index >= 15 is 0 Å². The van der Waals surface area contributed by atoms with Crippen LogP contribution in [0.2, 0.25) is 0 Å². The third kappa shape index (κ3) is 3.25. The van der Waals surface area contributed by atoms with Gasteiger partial charge in [-0.1, -0.05) is 6.92 Å². The summed E-state index contributed by atoms with van der Waals surface area (Å²) in [7, 11) is 1.85. The summed E-state index contributed by atoms with van der Waals surface area (Å²) >= 11 is 0. The van der Waals surface area contributed by atoms with E-state index < -0.39 is 12.0 Å². The van der Waals surface area contributed by atoms with Crippen molar-refractivity contribution >= 4 is 11.8 Å². The molecule has 0 unspecified atom stereocenters. The van der Waals surface area contributed by atoms with E-state index in [2.05, 4.69) is 16.9 Å². The minimum Gasteiger partial charge on any atom is -0.480 e. The van der Waals surface area contributed by atoms with E-state index in [9.17, 15) is 9.90 Å². The molecule has 0 aliphatic carbocycles. The summed E-state index contributed by atoms with van der Waals surface area (Å²) in [6.07, 6.45) is 1.86. The number of aromatic nitrogens is 2. The van der Waals surface area contributed by atoms with Gasteiger partial charge >= 0.3 is 5.97 Å². The van der Waals surface area contributed by atoms with Crippen LogP contribution in [0.25, 0.3) is 0 Å². The first-order valence-corrected chi connectivity index (χ1v) is 7.03. The van der Waals surface area contributed by atoms with Crippen LogP contribution in [0.3, 0.4) is 0 Å². The quantitative estimate of drug-likeness (QED) is 0.884. The lowest BCUT2D eigenvalue weighted by Crippen LogP contribution is -2.55. The second-order valence-electron chi connectivity index (χ2n) is 5.31. The van der Waals surface area contributed by atoms with Crippen LogP contribution in [0.15, 0.2) is 6.07 Å². The Morgan fingerprint density at radius 2 is 2.20 bits per heavy atom. The van der Waals surface area contributed by atoms with Gasteiger partial charge in [0.2, 0.25) is 0 Å². The molecular formula is C14H22N4O2. The van der Waals surface area contributed by atoms with Crippen molar-refractivity contribution in [1.29, 1.82) is 0 Å². The van der Waals surface area contributed by atoms with Crippen LogP contribution in [-0.2, 0) is 11.2 Å². The Labute approximate surface area is 119 Å². The highest BCUT2D eigenvalue weighted by Crippen LogP contribution is 2.18. The molecule has 1 aliphatic rings. The van der Waals surface area contributed by atoms with Crippen molar-refractivity contribution in [2.45, 2.75) is 32.7 Å². The minimum atomic E-state index is -0.781. The van der Waals surface area contributed by atoms with Crippen LogP contribution in [0.5, 0.6) is 0 Å². The second kappa shape index (κ2) is 6.17. The molecule has 1 fully saturated rings. The second-order valence-corrected chi connectivity index (χ2v) is 5.31. The van der Waals surface area contributed by atoms with Crippen LogP contribution >= 0.6 is 0 Å². The van der Waals surface area contributed by atoms with E-state index in [-0.39, 0.29) is 0 Å². The average molecular weight is 278 g/mol. The van der Waals surface area contributed by atoms with Crippen LogP contribution in [0, 0.1) is 6.92 Å². The van der Waals surface area contributed by atoms with Crippen molar-refractivity contribution in [3.8, 4) is 0 Å². The fourth-order valence-electron chi connectivity index (χ4n) is 2.46. The molecule has 1 aliphatic heterocycles. The molecule has 1 aromatic rings. The van der Waals surface area contributed by atoms with Crippen molar-refractivity contribution < 1.29 is 9.90 Å². The fraction of sp³-hybridized carbons (Fsp3) is 0.643. The maximum Gasteiger partial charge on any atom is 0.322 e. The van der Waals surface area contributed by atoms with Gasteiger partial charge in [0.25, 0.3) is 0 Å². The molecule has 1 atom stereocenters. The maximum absolute atomic E-state index is 11.3. The predicted molar refractivity (Wildman–Crippen MR) is 77.0 cm³/mol. The van der Waals surface area contributed by atoms with Crippen LogP contribution < -0.4 is 4.90 Å². The first-order chi connectivity index (χ1) is 9.51. The van der Waals surface area contributed by atoms with Crippen molar-refractivity contribution in [3.05, 3.63) is 17.6 Å². The fourth-order valence-corrected chi connectivity index (χ4v) is 2.46. The van der Waals surface area contributed by atoms with Gasteiger partial charge < -0.3 is 10.0 Å². The molecule has 1 saturated heterocycles. The van der Waals surface area contributed by atoms with E-state index in [1.165, 1.54) is 0 Å². The maximum atomic E-state index is 11.3. The molecule has 1 N–H and O–H groups in total. The molecule has 2 rings (SSSR count). The number of carboxylic acids is 1. The zero-order valence-corrected chi connectivity index (χ0v) is 12.3. The number of hydrogen-bond donors (Lipinski definition) is 1. The van der Waals surface area contributed by atoms with E-state index in [1.54, 1.807) is 0 Å². The molecule has 110 valence electrons. The molecule has 0 amide bonds. The summed E-state index contributed by atoms with van der Waals surface area (Å²) < 4.78 is 0. The number of anilines is 1. The van der Waals surface area contributed by atoms with Gasteiger partial charge in [0.05, 0.1) is 0 Å². The highest BCUT2D eigenvalue weighted by atomic mass is 16.4. The van der Waals surface area contributed by atoms with E-state index in [0.29, 0.717) is 6.54 Å². The highest BCUT2D eigenvalue weighted by molar-refractivity contribution is 5.74. The number of hydrogen-bond acceptors (Lipinski definition) is 5. The summed E-state index contributed by atoms with van der Waals surface area (Å²) in [4.78, 5) is 24.2. The topological polar surface area (TPSA) is 69.6 Å². The summed E-state index contributed by atoms with van der Waals surface area (Å²) in [6, 6.07) is 1.46. The highest BCUT2D eigenvalue weighted by Gasteiger charge is 2.30. The Balaban J connectivity index is 2.20. The van der Waals surface area contributed by atoms with Gasteiger partial charge in [0, 0.05) is 37.8 Å². The SMILES string of the molecule is CCCc1nc(C)cc(N2CCN(C)[C@H](C(=O)O)C2)n1. The van der Waals surface area contributed by atoms with E-state index in [1.807, 2.05) is 29.8 Å². The zero-order chi connectivity index (χ0) is 14.7. The number of carboxylic acid groups (broad SMARTS) is 1. The Morgan fingerprint density at radius 3 is 2.85 bits per heavy atom. The normalized spacial score (nSPS) is 20.1. The van der Waals surface area contributed by atoms with Gasteiger partial charge in [0.1, 0.15) is 17.7 Å². The molecule has 0 aromatic carbocycles. The lowest BCUT2D eigenvalue weighted by atomic mass is 10.2. The molecular weight excluding hydrogens is 256 g/mol. The first-order valence-electron chi connectivity index (χ1n) is 7.03. The Bertz CT molecular complexity index is 492. The minimum absolute atomic E-state index is 0.466. The summed E-state index contributed by atoms with van der Waals surface area (Å²) in [5, 5.41) is 9.27. The molecule has 0 saturated carbocycles. The van der Waals surface area contributed by atoms with Crippen molar-refractivity contribution in [1.82, 2.24) is 14.9 Å². The van der Waals surface area contributed by atoms with Crippen molar-refractivity contribution in [3.63, 3.8) is 0 Å². The molecule has 6 nitrogen and oxygen atoms in total. The van der Waals surface area contributed by atoms with Gasteiger partial charge in [-0.05, 0) is 20.4 Å². The number of carbonyl (C=O) groups is 1. The third-order valence-corrected chi connectivity index (χ3v) is 3.62. The van der Waals surface area contributed by atoms with Gasteiger partial charge in [-0.3, -0.25) is 9.69 Å². The lowest BCUT2D eigenvalue weighted by molar-refractivity contribution is -0.142.